The molecule has 0 saturated carbocycles. The van der Waals surface area contributed by atoms with E-state index in [0.717, 1.165) is 67.7 Å². The van der Waals surface area contributed by atoms with Gasteiger partial charge in [0, 0.05) is 139 Å². The number of nitrogens with zero attached hydrogens (tertiary/aromatic N) is 6. The number of ketones is 3. The Morgan fingerprint density at radius 2 is 1.15 bits per heavy atom. The van der Waals surface area contributed by atoms with E-state index < -0.39 is 24.0 Å². The molecule has 2 aromatic carbocycles. The molecule has 6 rings (SSSR count). The molecule has 0 spiro atoms. The molecule has 12 atom stereocenters. The molecule has 25 heteroatoms. The van der Waals surface area contributed by atoms with Crippen molar-refractivity contribution in [3.63, 3.8) is 0 Å². The Morgan fingerprint density at radius 1 is 0.701 bits per heavy atom. The van der Waals surface area contributed by atoms with Crippen LogP contribution in [-0.2, 0) is 81.2 Å². The Hall–Kier alpha value is -4.01. The molecule has 4 N–H and O–H groups in total. The van der Waals surface area contributed by atoms with Crippen molar-refractivity contribution in [2.24, 2.45) is 35.5 Å². The van der Waals surface area contributed by atoms with Crippen LogP contribution in [-0.4, -0.2) is 172 Å². The minimum atomic E-state index is -0.711. The number of likely N-dealkylation sites (tertiary alicyclic amines) is 2. The molecule has 533 valence electrons. The Balaban J connectivity index is 0.000000654. The number of thiol groups is 1. The molecular formula is C72H106N10O9S3UVW-2. The molecular weight excluding hydrogens is 1720 g/mol. The summed E-state index contributed by atoms with van der Waals surface area (Å²) in [5, 5.41) is 16.3. The van der Waals surface area contributed by atoms with Gasteiger partial charge in [0.25, 0.3) is 11.8 Å². The van der Waals surface area contributed by atoms with E-state index in [1.807, 2.05) is 97.8 Å². The molecule has 4 heterocycles. The zero-order chi connectivity index (χ0) is 71.4. The molecule has 97 heavy (non-hydrogen) atoms. The summed E-state index contributed by atoms with van der Waals surface area (Å²) in [6, 6.07) is 11.0. The number of aromatic nitrogens is 2. The van der Waals surface area contributed by atoms with E-state index in [2.05, 4.69) is 63.8 Å². The van der Waals surface area contributed by atoms with Crippen LogP contribution in [0.1, 0.15) is 197 Å². The molecule has 1 radical (unpaired) electrons. The summed E-state index contributed by atoms with van der Waals surface area (Å²) >= 11 is 6.78. The van der Waals surface area contributed by atoms with Crippen molar-refractivity contribution in [1.82, 2.24) is 50.8 Å². The van der Waals surface area contributed by atoms with Crippen molar-refractivity contribution in [2.75, 3.05) is 41.3 Å². The van der Waals surface area contributed by atoms with Crippen molar-refractivity contribution in [3.8, 4) is 0 Å². The molecule has 4 aromatic rings. The van der Waals surface area contributed by atoms with Crippen LogP contribution in [0.25, 0.3) is 0 Å². The van der Waals surface area contributed by atoms with Gasteiger partial charge in [-0.05, 0) is 120 Å². The van der Waals surface area contributed by atoms with E-state index >= 15 is 0 Å². The number of Topliss-reactive ketones (excluding diaryl/α,β-unsaturated/α-hetero) is 3. The Morgan fingerprint density at radius 3 is 1.59 bits per heavy atom. The van der Waals surface area contributed by atoms with Crippen LogP contribution in [0.2, 0.25) is 0 Å². The standard InChI is InChI=1S/C36H53N5O5S.C36H53N5O4S2.U.V.W/c1-9-23(4)32(39-34(45)29-16-13-17-40(29)7)36(46)41(8)30(22(2)3)20-31(43)35-38-28(21-47-35)33(44)37-27(18-24(5)25(6)42)19-26-14-11-10-12-15-26;1-9-23(4)33(39-35(44)31-14-11-17-40(31)7)36(45)41(8)30(22(2)3)15-16-32-38-29(21-47-32)34(43)37-27(18-24(5)25(6)42)19-26-12-10-13-28(46)20-26;;;/h10-12,14-15,21-24,27,29-30,32H,9,13,16-20H2,1-8H3,(H,37,44)(H,39,45);12-13,16,20-24,27,30-31,33,46H,9,11,14-15,17-19H2,1-8H3,(H,37,43)(H,39,44);;;/q;-2;;;/i10T;13T;;;. The van der Waals surface area contributed by atoms with Crippen LogP contribution in [0.5, 0.6) is 0 Å². The molecule has 12 unspecified atom stereocenters. The normalized spacial score (nSPS) is 17.9. The largest absolute Gasteiger partial charge is 0.349 e. The molecule has 19 nitrogen and oxygen atoms in total. The predicted molar refractivity (Wildman–Crippen MR) is 376 cm³/mol. The molecule has 6 amide bonds. The van der Waals surface area contributed by atoms with Crippen molar-refractivity contribution in [3.05, 3.63) is 104 Å². The first kappa shape index (κ1) is 85.4. The van der Waals surface area contributed by atoms with Crippen LogP contribution in [0.4, 0.5) is 0 Å². The summed E-state index contributed by atoms with van der Waals surface area (Å²) in [6.07, 6.45) is 9.28. The second-order valence-corrected chi connectivity index (χ2v) is 29.1. The number of likely N-dealkylation sites (N-methyl/N-ethyl adjacent to an activating group) is 4. The summed E-state index contributed by atoms with van der Waals surface area (Å²) in [6.45, 7) is 24.5. The van der Waals surface area contributed by atoms with E-state index in [-0.39, 0.29) is 212 Å². The van der Waals surface area contributed by atoms with Crippen LogP contribution >= 0.6 is 35.3 Å². The van der Waals surface area contributed by atoms with Crippen molar-refractivity contribution >= 4 is 88.1 Å². The third-order valence-electron chi connectivity index (χ3n) is 19.0. The minimum Gasteiger partial charge on any atom is -0.349 e. The quantitative estimate of drug-likeness (QED) is 0.0166. The topological polar surface area (TPSA) is 240 Å². The van der Waals surface area contributed by atoms with Gasteiger partial charge in [0.15, 0.2) is 10.8 Å². The van der Waals surface area contributed by atoms with Gasteiger partial charge in [-0.25, -0.2) is 17.6 Å². The van der Waals surface area contributed by atoms with E-state index in [1.54, 1.807) is 65.8 Å². The van der Waals surface area contributed by atoms with Gasteiger partial charge < -0.3 is 37.5 Å². The third kappa shape index (κ3) is 27.4. The van der Waals surface area contributed by atoms with Crippen LogP contribution in [0.3, 0.4) is 0 Å². The third-order valence-corrected chi connectivity index (χ3v) is 20.9. The van der Waals surface area contributed by atoms with Crippen molar-refractivity contribution in [1.29, 1.82) is 0 Å². The number of nitrogens with one attached hydrogen (secondary N) is 4. The summed E-state index contributed by atoms with van der Waals surface area (Å²) in [5.74, 6) is -2.07. The number of rotatable bonds is 34. The molecule has 2 fully saturated rings. The maximum absolute atomic E-state index is 13.9. The van der Waals surface area contributed by atoms with Crippen LogP contribution in [0.15, 0.2) is 64.1 Å². The average molecular weight is 1830 g/mol. The van der Waals surface area contributed by atoms with E-state index in [0.29, 0.717) is 54.5 Å². The van der Waals surface area contributed by atoms with Gasteiger partial charge in [-0.2, -0.15) is 41.1 Å². The zero-order valence-electron chi connectivity index (χ0n) is 61.7. The summed E-state index contributed by atoms with van der Waals surface area (Å²) in [7, 11) is 7.36. The fraction of sp³-hybridized carbons (Fsp3) is 0.611. The number of thiazole rings is 2. The second kappa shape index (κ2) is 43.7. The Kier molecular flexibility index (Phi) is 38.5. The predicted octanol–water partition coefficient (Wildman–Crippen LogP) is 10.0. The zero-order valence-corrected chi connectivity index (χ0v) is 70.7. The van der Waals surface area contributed by atoms with Gasteiger partial charge >= 0.3 is 0 Å². The monoisotopic (exact) mass is 1830 g/mol. The number of hydrogen-bond acceptors (Lipinski definition) is 16. The van der Waals surface area contributed by atoms with Gasteiger partial charge in [-0.1, -0.05) is 119 Å². The molecule has 2 aromatic heterocycles. The molecule has 0 aliphatic carbocycles. The summed E-state index contributed by atoms with van der Waals surface area (Å²) in [5.41, 5.74) is 2.20. The minimum absolute atomic E-state index is 0. The van der Waals surface area contributed by atoms with Crippen LogP contribution in [0, 0.1) is 79.1 Å². The number of benzene rings is 2. The molecule has 2 saturated heterocycles. The number of carbonyl (C=O) groups is 9. The summed E-state index contributed by atoms with van der Waals surface area (Å²) in [4.78, 5) is 135. The van der Waals surface area contributed by atoms with Crippen LogP contribution < -0.4 is 21.3 Å². The first-order valence-corrected chi connectivity index (χ1v) is 35.7. The van der Waals surface area contributed by atoms with Crippen molar-refractivity contribution < 1.29 is 117 Å². The molecule has 2 aliphatic heterocycles. The number of amides is 6. The fourth-order valence-corrected chi connectivity index (χ4v) is 13.8. The first-order valence-electron chi connectivity index (χ1n) is 34.4. The maximum atomic E-state index is 13.9. The Labute approximate surface area is 644 Å². The Bertz CT molecular complexity index is 3300. The fourth-order valence-electron chi connectivity index (χ4n) is 12.1. The second-order valence-electron chi connectivity index (χ2n) is 26.9. The van der Waals surface area contributed by atoms with E-state index in [1.165, 1.54) is 18.3 Å². The molecule has 0 bridgehead atoms. The van der Waals surface area contributed by atoms with Gasteiger partial charge in [0.05, 0.1) is 13.5 Å². The summed E-state index contributed by atoms with van der Waals surface area (Å²) < 4.78 is 15.6. The molecule has 2 aliphatic rings. The smallest absolute Gasteiger partial charge is 0.271 e. The van der Waals surface area contributed by atoms with Gasteiger partial charge in [0.2, 0.25) is 23.6 Å². The van der Waals surface area contributed by atoms with Gasteiger partial charge in [-0.3, -0.25) is 57.9 Å². The van der Waals surface area contributed by atoms with Crippen molar-refractivity contribution in [2.45, 2.75) is 213 Å². The SMILES string of the molecule is [3H]c1[c-]cc(CC(CC(C)C(C)=O)NC(=O)c2csc([CH-]CC(C(C)C)N(C)C(=O)C(NC(=O)C3CCCN3C)C(C)CC)n2)cc1S.[3H]c1ccc(CC(CC(C)C(C)=O)NC(=O)c2csc(C(=O)CC(C(C)C)N(C)C(=O)C(NC(=O)C3CCCN3C)C(C)CC)n2)cc1.[U].[V].[W]. The van der Waals surface area contributed by atoms with E-state index in [4.69, 9.17) is 2.74 Å². The first-order chi connectivity index (χ1) is 45.2. The maximum Gasteiger partial charge on any atom is 0.271 e. The van der Waals surface area contributed by atoms with E-state index in [9.17, 15) is 43.2 Å². The average Bonchev–Trinajstić information content (AvgIpc) is 1.74. The number of carbonyl (C=O) groups excluding carboxylic acids is 9. The number of hydrogen-bond donors (Lipinski definition) is 5. The van der Waals surface area contributed by atoms with Gasteiger partial charge in [-0.15, -0.1) is 22.7 Å². The van der Waals surface area contributed by atoms with Gasteiger partial charge in [0.1, 0.15) is 35.0 Å².